The first-order valence-electron chi connectivity index (χ1n) is 7.75. The van der Waals surface area contributed by atoms with Crippen molar-refractivity contribution in [1.82, 2.24) is 4.90 Å². The van der Waals surface area contributed by atoms with Crippen molar-refractivity contribution in [3.8, 4) is 0 Å². The molecule has 3 unspecified atom stereocenters. The van der Waals surface area contributed by atoms with Crippen LogP contribution in [0.2, 0.25) is 0 Å². The topological polar surface area (TPSA) is 38.5 Å². The van der Waals surface area contributed by atoms with E-state index in [9.17, 15) is 0 Å². The zero-order valence-corrected chi connectivity index (χ0v) is 15.1. The van der Waals surface area contributed by atoms with Crippen LogP contribution >= 0.6 is 15.9 Å². The third kappa shape index (κ3) is 4.28. The van der Waals surface area contributed by atoms with Gasteiger partial charge in [-0.25, -0.2) is 0 Å². The highest BCUT2D eigenvalue weighted by Gasteiger charge is 2.36. The van der Waals surface area contributed by atoms with Crippen molar-refractivity contribution in [2.24, 2.45) is 5.73 Å². The molecule has 1 fully saturated rings. The molecule has 1 saturated heterocycles. The average Bonchev–Trinajstić information content (AvgIpc) is 2.38. The zero-order chi connectivity index (χ0) is 15.6. The predicted octanol–water partition coefficient (Wildman–Crippen LogP) is 3.73. The quantitative estimate of drug-likeness (QED) is 0.895. The summed E-state index contributed by atoms with van der Waals surface area (Å²) in [6, 6.07) is 8.93. The lowest BCUT2D eigenvalue weighted by molar-refractivity contribution is -0.140. The zero-order valence-electron chi connectivity index (χ0n) is 13.5. The summed E-state index contributed by atoms with van der Waals surface area (Å²) >= 11 is 3.51. The summed E-state index contributed by atoms with van der Waals surface area (Å²) in [5.74, 6) is 0. The van der Waals surface area contributed by atoms with E-state index in [1.165, 1.54) is 5.56 Å². The molecule has 1 aromatic rings. The van der Waals surface area contributed by atoms with Crippen LogP contribution in [-0.2, 0) is 4.74 Å². The van der Waals surface area contributed by atoms with Crippen molar-refractivity contribution in [2.45, 2.75) is 57.9 Å². The number of benzene rings is 1. The van der Waals surface area contributed by atoms with Gasteiger partial charge in [0, 0.05) is 23.6 Å². The summed E-state index contributed by atoms with van der Waals surface area (Å²) in [6.45, 7) is 10.5. The van der Waals surface area contributed by atoms with E-state index >= 15 is 0 Å². The van der Waals surface area contributed by atoms with Crippen LogP contribution in [-0.4, -0.2) is 35.7 Å². The Kier molecular flexibility index (Phi) is 5.47. The van der Waals surface area contributed by atoms with Gasteiger partial charge in [0.25, 0.3) is 0 Å². The van der Waals surface area contributed by atoms with Gasteiger partial charge in [0.05, 0.1) is 17.7 Å². The van der Waals surface area contributed by atoms with Gasteiger partial charge in [-0.1, -0.05) is 35.0 Å². The molecular formula is C17H27BrN2O. The molecular weight excluding hydrogens is 328 g/mol. The molecule has 1 heterocycles. The lowest BCUT2D eigenvalue weighted by Crippen LogP contribution is -2.55. The number of ether oxygens (including phenoxy) is 1. The number of hydrogen-bond donors (Lipinski definition) is 1. The lowest BCUT2D eigenvalue weighted by Gasteiger charge is -2.46. The molecule has 4 heteroatoms. The normalized spacial score (nSPS) is 25.5. The van der Waals surface area contributed by atoms with Gasteiger partial charge >= 0.3 is 0 Å². The first-order valence-corrected chi connectivity index (χ1v) is 8.54. The van der Waals surface area contributed by atoms with Crippen molar-refractivity contribution >= 4 is 15.9 Å². The van der Waals surface area contributed by atoms with E-state index in [0.717, 1.165) is 24.0 Å². The van der Waals surface area contributed by atoms with Gasteiger partial charge in [-0.05, 0) is 44.9 Å². The Bertz CT molecular complexity index is 460. The number of morpholine rings is 1. The van der Waals surface area contributed by atoms with Gasteiger partial charge in [-0.15, -0.1) is 0 Å². The maximum absolute atomic E-state index is 6.46. The molecule has 0 amide bonds. The van der Waals surface area contributed by atoms with Gasteiger partial charge in [-0.3, -0.25) is 4.90 Å². The van der Waals surface area contributed by atoms with Gasteiger partial charge < -0.3 is 10.5 Å². The Labute approximate surface area is 137 Å². The summed E-state index contributed by atoms with van der Waals surface area (Å²) in [6.07, 6.45) is 1.20. The monoisotopic (exact) mass is 354 g/mol. The number of hydrogen-bond acceptors (Lipinski definition) is 3. The van der Waals surface area contributed by atoms with E-state index in [2.05, 4.69) is 72.8 Å². The van der Waals surface area contributed by atoms with Gasteiger partial charge in [-0.2, -0.15) is 0 Å². The number of halogens is 1. The Morgan fingerprint density at radius 1 is 1.38 bits per heavy atom. The fraction of sp³-hybridized carbons (Fsp3) is 0.647. The van der Waals surface area contributed by atoms with Crippen LogP contribution in [0.1, 0.15) is 45.7 Å². The minimum Gasteiger partial charge on any atom is -0.370 e. The van der Waals surface area contributed by atoms with E-state index in [1.807, 2.05) is 0 Å². The maximum Gasteiger partial charge on any atom is 0.0757 e. The maximum atomic E-state index is 6.46. The molecule has 0 aromatic heterocycles. The van der Waals surface area contributed by atoms with Crippen LogP contribution in [0.3, 0.4) is 0 Å². The minimum absolute atomic E-state index is 0.126. The molecule has 2 rings (SSSR count). The second-order valence-corrected chi connectivity index (χ2v) is 7.60. The average molecular weight is 355 g/mol. The van der Waals surface area contributed by atoms with Crippen LogP contribution in [0.5, 0.6) is 0 Å². The Morgan fingerprint density at radius 2 is 2.00 bits per heavy atom. The molecule has 0 radical (unpaired) electrons. The van der Waals surface area contributed by atoms with Crippen molar-refractivity contribution in [3.05, 3.63) is 34.3 Å². The van der Waals surface area contributed by atoms with E-state index in [-0.39, 0.29) is 23.8 Å². The molecule has 3 atom stereocenters. The third-order valence-electron chi connectivity index (χ3n) is 4.08. The highest BCUT2D eigenvalue weighted by molar-refractivity contribution is 9.10. The number of nitrogens with two attached hydrogens (primary N) is 1. The van der Waals surface area contributed by atoms with E-state index in [0.29, 0.717) is 0 Å². The largest absolute Gasteiger partial charge is 0.370 e. The molecule has 1 aliphatic heterocycles. The molecule has 21 heavy (non-hydrogen) atoms. The predicted molar refractivity (Wildman–Crippen MR) is 91.3 cm³/mol. The molecule has 3 nitrogen and oxygen atoms in total. The highest BCUT2D eigenvalue weighted by atomic mass is 79.9. The number of rotatable bonds is 4. The van der Waals surface area contributed by atoms with Crippen molar-refractivity contribution in [3.63, 3.8) is 0 Å². The molecule has 1 aromatic carbocycles. The SMILES string of the molecule is CCC(N)C(c1ccc(Br)cc1)N1CC(C)OC(C)(C)C1. The first kappa shape index (κ1) is 16.9. The fourth-order valence-corrected chi connectivity index (χ4v) is 3.59. The van der Waals surface area contributed by atoms with E-state index < -0.39 is 0 Å². The summed E-state index contributed by atoms with van der Waals surface area (Å²) in [7, 11) is 0. The summed E-state index contributed by atoms with van der Waals surface area (Å²) < 4.78 is 7.13. The summed E-state index contributed by atoms with van der Waals surface area (Å²) in [5, 5.41) is 0. The van der Waals surface area contributed by atoms with E-state index in [4.69, 9.17) is 10.5 Å². The van der Waals surface area contributed by atoms with E-state index in [1.54, 1.807) is 0 Å². The van der Waals surface area contributed by atoms with Crippen molar-refractivity contribution < 1.29 is 4.74 Å². The van der Waals surface area contributed by atoms with Crippen molar-refractivity contribution in [1.29, 1.82) is 0 Å². The standard InChI is InChI=1S/C17H27BrN2O/c1-5-15(19)16(13-6-8-14(18)9-7-13)20-10-12(2)21-17(3,4)11-20/h6-9,12,15-16H,5,10-11,19H2,1-4H3. The molecule has 0 spiro atoms. The molecule has 118 valence electrons. The fourth-order valence-electron chi connectivity index (χ4n) is 3.33. The van der Waals surface area contributed by atoms with Crippen LogP contribution in [0, 0.1) is 0 Å². The molecule has 0 bridgehead atoms. The van der Waals surface area contributed by atoms with Crippen LogP contribution in [0.4, 0.5) is 0 Å². The van der Waals surface area contributed by atoms with Crippen molar-refractivity contribution in [2.75, 3.05) is 13.1 Å². The van der Waals surface area contributed by atoms with Gasteiger partial charge in [0.15, 0.2) is 0 Å². The second kappa shape index (κ2) is 6.78. The highest BCUT2D eigenvalue weighted by Crippen LogP contribution is 2.32. The minimum atomic E-state index is -0.126. The van der Waals surface area contributed by atoms with Gasteiger partial charge in [0.1, 0.15) is 0 Å². The van der Waals surface area contributed by atoms with Crippen LogP contribution in [0.15, 0.2) is 28.7 Å². The summed E-state index contributed by atoms with van der Waals surface area (Å²) in [5.41, 5.74) is 7.62. The Morgan fingerprint density at radius 3 is 2.52 bits per heavy atom. The smallest absolute Gasteiger partial charge is 0.0757 e. The molecule has 1 aliphatic rings. The molecule has 0 saturated carbocycles. The third-order valence-corrected chi connectivity index (χ3v) is 4.61. The van der Waals surface area contributed by atoms with Gasteiger partial charge in [0.2, 0.25) is 0 Å². The molecule has 0 aliphatic carbocycles. The first-order chi connectivity index (χ1) is 9.82. The lowest BCUT2D eigenvalue weighted by atomic mass is 9.93. The Hall–Kier alpha value is -0.420. The van der Waals surface area contributed by atoms with Crippen LogP contribution < -0.4 is 5.73 Å². The molecule has 2 N–H and O–H groups in total. The summed E-state index contributed by atoms with van der Waals surface area (Å²) in [4.78, 5) is 2.49. The van der Waals surface area contributed by atoms with Crippen LogP contribution in [0.25, 0.3) is 0 Å². The Balaban J connectivity index is 2.29. The second-order valence-electron chi connectivity index (χ2n) is 6.69. The number of nitrogens with zero attached hydrogens (tertiary/aromatic N) is 1.